The number of rotatable bonds is 4. The average Bonchev–Trinajstić information content (AvgIpc) is 3.07. The van der Waals surface area contributed by atoms with E-state index in [9.17, 15) is 18.0 Å². The van der Waals surface area contributed by atoms with Gasteiger partial charge in [0.15, 0.2) is 5.69 Å². The first-order valence-electron chi connectivity index (χ1n) is 8.13. The Morgan fingerprint density at radius 1 is 1.40 bits per heavy atom. The van der Waals surface area contributed by atoms with Crippen LogP contribution in [0, 0.1) is 19.8 Å². The van der Waals surface area contributed by atoms with Crippen LogP contribution in [0.1, 0.15) is 29.3 Å². The Kier molecular flexibility index (Phi) is 4.57. The standard InChI is InChI=1S/C16H20F3N5O/c1-10-5-11(2)24(22-10)9-15(25)20-6-12-3-4-14-21-13(16(17,18)19)8-23(14)7-12/h5,8,12H,3-4,6-7,9H2,1-2H3,(H,20,25). The van der Waals surface area contributed by atoms with E-state index in [4.69, 9.17) is 0 Å². The summed E-state index contributed by atoms with van der Waals surface area (Å²) in [7, 11) is 0. The van der Waals surface area contributed by atoms with Crippen molar-refractivity contribution in [2.24, 2.45) is 5.92 Å². The van der Waals surface area contributed by atoms with Crippen LogP contribution in [-0.2, 0) is 30.5 Å². The van der Waals surface area contributed by atoms with Crippen molar-refractivity contribution >= 4 is 5.91 Å². The summed E-state index contributed by atoms with van der Waals surface area (Å²) in [6, 6.07) is 1.90. The summed E-state index contributed by atoms with van der Waals surface area (Å²) in [5.41, 5.74) is 0.912. The van der Waals surface area contributed by atoms with Crippen molar-refractivity contribution in [2.75, 3.05) is 6.54 Å². The molecule has 1 atom stereocenters. The maximum atomic E-state index is 12.7. The molecule has 0 bridgehead atoms. The molecule has 0 spiro atoms. The van der Waals surface area contributed by atoms with E-state index < -0.39 is 11.9 Å². The number of aromatic nitrogens is 4. The van der Waals surface area contributed by atoms with E-state index in [0.29, 0.717) is 31.8 Å². The van der Waals surface area contributed by atoms with Crippen LogP contribution in [-0.4, -0.2) is 31.8 Å². The molecule has 0 aromatic carbocycles. The van der Waals surface area contributed by atoms with Crippen molar-refractivity contribution in [3.8, 4) is 0 Å². The van der Waals surface area contributed by atoms with Crippen LogP contribution in [0.25, 0.3) is 0 Å². The lowest BCUT2D eigenvalue weighted by molar-refractivity contribution is -0.141. The van der Waals surface area contributed by atoms with Crippen molar-refractivity contribution in [2.45, 2.75) is 46.0 Å². The molecular formula is C16H20F3N5O. The van der Waals surface area contributed by atoms with E-state index in [1.807, 2.05) is 19.9 Å². The Balaban J connectivity index is 1.54. The number of hydrogen-bond donors (Lipinski definition) is 1. The van der Waals surface area contributed by atoms with E-state index in [1.165, 1.54) is 0 Å². The van der Waals surface area contributed by atoms with Crippen LogP contribution in [0.4, 0.5) is 13.2 Å². The maximum absolute atomic E-state index is 12.7. The topological polar surface area (TPSA) is 64.7 Å². The Hall–Kier alpha value is -2.32. The molecule has 9 heteroatoms. The lowest BCUT2D eigenvalue weighted by Gasteiger charge is -2.23. The summed E-state index contributed by atoms with van der Waals surface area (Å²) in [4.78, 5) is 15.7. The molecule has 1 amide bonds. The van der Waals surface area contributed by atoms with E-state index in [1.54, 1.807) is 9.25 Å². The van der Waals surface area contributed by atoms with Crippen molar-refractivity contribution < 1.29 is 18.0 Å². The van der Waals surface area contributed by atoms with Gasteiger partial charge in [0.2, 0.25) is 5.91 Å². The summed E-state index contributed by atoms with van der Waals surface area (Å²) in [6.45, 7) is 4.74. The first kappa shape index (κ1) is 17.5. The number of alkyl halides is 3. The molecule has 1 aliphatic heterocycles. The first-order chi connectivity index (χ1) is 11.7. The number of carbonyl (C=O) groups excluding carboxylic acids is 1. The second-order valence-corrected chi connectivity index (χ2v) is 6.49. The molecule has 1 N–H and O–H groups in total. The van der Waals surface area contributed by atoms with Crippen molar-refractivity contribution in [3.05, 3.63) is 35.2 Å². The van der Waals surface area contributed by atoms with E-state index in [0.717, 1.165) is 17.6 Å². The van der Waals surface area contributed by atoms with Gasteiger partial charge in [-0.25, -0.2) is 4.98 Å². The molecule has 136 valence electrons. The van der Waals surface area contributed by atoms with Gasteiger partial charge in [-0.2, -0.15) is 18.3 Å². The quantitative estimate of drug-likeness (QED) is 0.913. The fraction of sp³-hybridized carbons (Fsp3) is 0.562. The lowest BCUT2D eigenvalue weighted by Crippen LogP contribution is -2.35. The van der Waals surface area contributed by atoms with Crippen LogP contribution in [0.3, 0.4) is 0 Å². The second-order valence-electron chi connectivity index (χ2n) is 6.49. The third-order valence-electron chi connectivity index (χ3n) is 4.37. The molecule has 3 rings (SSSR count). The van der Waals surface area contributed by atoms with Gasteiger partial charge in [-0.1, -0.05) is 0 Å². The highest BCUT2D eigenvalue weighted by molar-refractivity contribution is 5.75. The highest BCUT2D eigenvalue weighted by atomic mass is 19.4. The van der Waals surface area contributed by atoms with E-state index in [-0.39, 0.29) is 18.4 Å². The largest absolute Gasteiger partial charge is 0.434 e. The second kappa shape index (κ2) is 6.53. The number of nitrogens with zero attached hydrogens (tertiary/aromatic N) is 4. The number of halogens is 3. The van der Waals surface area contributed by atoms with Crippen molar-refractivity contribution in [3.63, 3.8) is 0 Å². The van der Waals surface area contributed by atoms with Gasteiger partial charge >= 0.3 is 6.18 Å². The fourth-order valence-corrected chi connectivity index (χ4v) is 3.10. The summed E-state index contributed by atoms with van der Waals surface area (Å²) in [5, 5.41) is 7.09. The van der Waals surface area contributed by atoms with Gasteiger partial charge in [-0.05, 0) is 32.3 Å². The predicted molar refractivity (Wildman–Crippen MR) is 83.8 cm³/mol. The van der Waals surface area contributed by atoms with Gasteiger partial charge in [-0.15, -0.1) is 0 Å². The third kappa shape index (κ3) is 4.02. The van der Waals surface area contributed by atoms with Crippen molar-refractivity contribution in [1.29, 1.82) is 0 Å². The maximum Gasteiger partial charge on any atom is 0.434 e. The Bertz CT molecular complexity index is 777. The summed E-state index contributed by atoms with van der Waals surface area (Å²) in [5.74, 6) is 0.392. The highest BCUT2D eigenvalue weighted by Crippen LogP contribution is 2.30. The lowest BCUT2D eigenvalue weighted by atomic mass is 9.99. The minimum Gasteiger partial charge on any atom is -0.354 e. The Morgan fingerprint density at radius 3 is 2.80 bits per heavy atom. The van der Waals surface area contributed by atoms with E-state index in [2.05, 4.69) is 15.4 Å². The van der Waals surface area contributed by atoms with Gasteiger partial charge in [0.25, 0.3) is 0 Å². The number of imidazole rings is 1. The minimum absolute atomic E-state index is 0.0900. The molecule has 1 aliphatic rings. The molecule has 0 saturated heterocycles. The van der Waals surface area contributed by atoms with E-state index >= 15 is 0 Å². The molecule has 25 heavy (non-hydrogen) atoms. The van der Waals surface area contributed by atoms with Crippen LogP contribution >= 0.6 is 0 Å². The number of fused-ring (bicyclic) bond motifs is 1. The summed E-state index contributed by atoms with van der Waals surface area (Å²) < 4.78 is 41.4. The van der Waals surface area contributed by atoms with Gasteiger partial charge in [0.1, 0.15) is 12.4 Å². The first-order valence-corrected chi connectivity index (χ1v) is 8.13. The molecule has 0 radical (unpaired) electrons. The van der Waals surface area contributed by atoms with Crippen LogP contribution < -0.4 is 5.32 Å². The molecule has 1 unspecified atom stereocenters. The van der Waals surface area contributed by atoms with Gasteiger partial charge in [-0.3, -0.25) is 9.48 Å². The average molecular weight is 355 g/mol. The summed E-state index contributed by atoms with van der Waals surface area (Å²) in [6.07, 6.45) is -2.18. The van der Waals surface area contributed by atoms with Gasteiger partial charge in [0, 0.05) is 31.4 Å². The molecular weight excluding hydrogens is 335 g/mol. The zero-order valence-electron chi connectivity index (χ0n) is 14.1. The number of nitrogens with one attached hydrogen (secondary N) is 1. The fourth-order valence-electron chi connectivity index (χ4n) is 3.10. The molecule has 3 heterocycles. The van der Waals surface area contributed by atoms with Crippen molar-refractivity contribution in [1.82, 2.24) is 24.6 Å². The normalized spacial score (nSPS) is 17.4. The Labute approximate surface area is 143 Å². The minimum atomic E-state index is -4.42. The smallest absolute Gasteiger partial charge is 0.354 e. The third-order valence-corrected chi connectivity index (χ3v) is 4.37. The Morgan fingerprint density at radius 2 is 2.16 bits per heavy atom. The molecule has 0 saturated carbocycles. The summed E-state index contributed by atoms with van der Waals surface area (Å²) >= 11 is 0. The molecule has 0 fully saturated rings. The number of amides is 1. The zero-order chi connectivity index (χ0) is 18.2. The van der Waals surface area contributed by atoms with Crippen LogP contribution in [0.15, 0.2) is 12.3 Å². The van der Waals surface area contributed by atoms with Crippen LogP contribution in [0.5, 0.6) is 0 Å². The van der Waals surface area contributed by atoms with Crippen LogP contribution in [0.2, 0.25) is 0 Å². The predicted octanol–water partition coefficient (Wildman–Crippen LogP) is 2.09. The SMILES string of the molecule is Cc1cc(C)n(CC(=O)NCC2CCc3nc(C(F)(F)F)cn3C2)n1. The highest BCUT2D eigenvalue weighted by Gasteiger charge is 2.35. The van der Waals surface area contributed by atoms with Gasteiger partial charge < -0.3 is 9.88 Å². The number of hydrogen-bond acceptors (Lipinski definition) is 3. The molecule has 6 nitrogen and oxygen atoms in total. The molecule has 2 aromatic rings. The molecule has 2 aromatic heterocycles. The van der Waals surface area contributed by atoms with Gasteiger partial charge in [0.05, 0.1) is 5.69 Å². The molecule has 0 aliphatic carbocycles. The number of aryl methyl sites for hydroxylation is 3. The number of carbonyl (C=O) groups is 1. The monoisotopic (exact) mass is 355 g/mol. The zero-order valence-corrected chi connectivity index (χ0v) is 14.1.